The Kier molecular flexibility index (Phi) is 4.97. The van der Waals surface area contributed by atoms with E-state index >= 15 is 0 Å². The minimum absolute atomic E-state index is 0.0486. The van der Waals surface area contributed by atoms with Gasteiger partial charge in [-0.3, -0.25) is 4.79 Å². The van der Waals surface area contributed by atoms with Crippen LogP contribution in [-0.4, -0.2) is 15.5 Å². The van der Waals surface area contributed by atoms with E-state index in [-0.39, 0.29) is 12.0 Å². The summed E-state index contributed by atoms with van der Waals surface area (Å²) < 4.78 is 54.0. The van der Waals surface area contributed by atoms with Gasteiger partial charge in [-0.05, 0) is 61.4 Å². The molecule has 2 N–H and O–H groups in total. The average molecular weight is 391 g/mol. The molecule has 0 fully saturated rings. The first-order valence-corrected chi connectivity index (χ1v) is 8.37. The number of primary amides is 1. The highest BCUT2D eigenvalue weighted by atomic mass is 19.4. The number of nitrogens with two attached hydrogens (primary N) is 1. The summed E-state index contributed by atoms with van der Waals surface area (Å²) >= 11 is 0. The summed E-state index contributed by atoms with van der Waals surface area (Å²) in [4.78, 5) is 15.7. The number of rotatable bonds is 4. The Balaban J connectivity index is 1.92. The first kappa shape index (κ1) is 19.6. The molecule has 1 aromatic heterocycles. The zero-order valence-corrected chi connectivity index (χ0v) is 15.1. The molecule has 0 radical (unpaired) electrons. The number of hydrogen-bond donors (Lipinski definition) is 1. The fourth-order valence-electron chi connectivity index (χ4n) is 3.08. The van der Waals surface area contributed by atoms with Gasteiger partial charge in [-0.25, -0.2) is 9.37 Å². The quantitative estimate of drug-likeness (QED) is 0.673. The third-order valence-corrected chi connectivity index (χ3v) is 4.36. The molecule has 2 aromatic carbocycles. The van der Waals surface area contributed by atoms with E-state index in [2.05, 4.69) is 4.98 Å². The number of alkyl halides is 3. The lowest BCUT2D eigenvalue weighted by Gasteiger charge is -2.09. The molecule has 3 aromatic rings. The Morgan fingerprint density at radius 1 is 1.14 bits per heavy atom. The SMILES string of the molecule is Cc1cc(-n2cc(Cc3cc(F)cc(C(F)(F)F)c3)nc2C)ccc1C(N)=O. The minimum atomic E-state index is -4.62. The second-order valence-electron chi connectivity index (χ2n) is 6.54. The van der Waals surface area contributed by atoms with Gasteiger partial charge < -0.3 is 10.3 Å². The summed E-state index contributed by atoms with van der Waals surface area (Å²) in [5.74, 6) is -0.869. The van der Waals surface area contributed by atoms with Crippen LogP contribution in [0.2, 0.25) is 0 Å². The lowest BCUT2D eigenvalue weighted by atomic mass is 10.1. The smallest absolute Gasteiger partial charge is 0.366 e. The number of hydrogen-bond acceptors (Lipinski definition) is 2. The highest BCUT2D eigenvalue weighted by molar-refractivity contribution is 5.94. The highest BCUT2D eigenvalue weighted by Crippen LogP contribution is 2.31. The fraction of sp³-hybridized carbons (Fsp3) is 0.200. The van der Waals surface area contributed by atoms with E-state index in [1.165, 1.54) is 0 Å². The Morgan fingerprint density at radius 2 is 1.86 bits per heavy atom. The van der Waals surface area contributed by atoms with E-state index in [1.54, 1.807) is 42.8 Å². The number of carbonyl (C=O) groups excluding carboxylic acids is 1. The van der Waals surface area contributed by atoms with E-state index in [4.69, 9.17) is 5.73 Å². The molecule has 1 heterocycles. The normalized spacial score (nSPS) is 11.6. The lowest BCUT2D eigenvalue weighted by Crippen LogP contribution is -2.12. The molecule has 0 aliphatic heterocycles. The molecule has 0 saturated heterocycles. The number of carbonyl (C=O) groups is 1. The van der Waals surface area contributed by atoms with Crippen molar-refractivity contribution in [1.29, 1.82) is 0 Å². The van der Waals surface area contributed by atoms with Crippen LogP contribution in [0.25, 0.3) is 5.69 Å². The van der Waals surface area contributed by atoms with Crippen molar-refractivity contribution in [2.45, 2.75) is 26.4 Å². The molecular weight excluding hydrogens is 374 g/mol. The number of halogens is 4. The topological polar surface area (TPSA) is 60.9 Å². The van der Waals surface area contributed by atoms with Crippen LogP contribution in [0.1, 0.15) is 38.6 Å². The van der Waals surface area contributed by atoms with E-state index < -0.39 is 23.5 Å². The second-order valence-corrected chi connectivity index (χ2v) is 6.54. The molecule has 0 aliphatic carbocycles. The molecule has 0 bridgehead atoms. The van der Waals surface area contributed by atoms with E-state index in [9.17, 15) is 22.4 Å². The van der Waals surface area contributed by atoms with Crippen LogP contribution in [0.5, 0.6) is 0 Å². The maximum Gasteiger partial charge on any atom is 0.416 e. The number of amides is 1. The van der Waals surface area contributed by atoms with Crippen LogP contribution in [0.3, 0.4) is 0 Å². The van der Waals surface area contributed by atoms with Crippen molar-refractivity contribution in [1.82, 2.24) is 9.55 Å². The number of aromatic nitrogens is 2. The van der Waals surface area contributed by atoms with Crippen LogP contribution >= 0.6 is 0 Å². The molecule has 0 atom stereocenters. The molecule has 0 spiro atoms. The van der Waals surface area contributed by atoms with Crippen molar-refractivity contribution in [2.75, 3.05) is 0 Å². The fourth-order valence-corrected chi connectivity index (χ4v) is 3.08. The van der Waals surface area contributed by atoms with Gasteiger partial charge >= 0.3 is 6.18 Å². The summed E-state index contributed by atoms with van der Waals surface area (Å²) in [5.41, 5.74) is 6.78. The van der Waals surface area contributed by atoms with Gasteiger partial charge in [0.15, 0.2) is 0 Å². The monoisotopic (exact) mass is 391 g/mol. The standard InChI is InChI=1S/C20H17F4N3O/c1-11-5-17(3-4-18(11)19(25)28)27-10-16(26-12(27)2)8-13-6-14(20(22,23)24)9-15(21)7-13/h3-7,9-10H,8H2,1-2H3,(H2,25,28). The maximum atomic E-state index is 13.6. The summed E-state index contributed by atoms with van der Waals surface area (Å²) in [7, 11) is 0. The third kappa shape index (κ3) is 4.05. The van der Waals surface area contributed by atoms with Crippen LogP contribution in [0.4, 0.5) is 17.6 Å². The first-order chi connectivity index (χ1) is 13.0. The molecule has 8 heteroatoms. The zero-order chi connectivity index (χ0) is 20.6. The van der Waals surface area contributed by atoms with Gasteiger partial charge in [-0.2, -0.15) is 13.2 Å². The van der Waals surface area contributed by atoms with Crippen molar-refractivity contribution in [3.63, 3.8) is 0 Å². The van der Waals surface area contributed by atoms with E-state index in [1.807, 2.05) is 0 Å². The van der Waals surface area contributed by atoms with Gasteiger partial charge in [0.1, 0.15) is 11.6 Å². The number of aryl methyl sites for hydroxylation is 2. The summed E-state index contributed by atoms with van der Waals surface area (Å²) in [6.45, 7) is 3.50. The maximum absolute atomic E-state index is 13.6. The Morgan fingerprint density at radius 3 is 2.46 bits per heavy atom. The first-order valence-electron chi connectivity index (χ1n) is 8.37. The molecule has 28 heavy (non-hydrogen) atoms. The van der Waals surface area contributed by atoms with Gasteiger partial charge in [0.05, 0.1) is 11.3 Å². The van der Waals surface area contributed by atoms with Gasteiger partial charge in [-0.15, -0.1) is 0 Å². The summed E-state index contributed by atoms with van der Waals surface area (Å²) in [6, 6.07) is 7.53. The molecular formula is C20H17F4N3O. The van der Waals surface area contributed by atoms with Crippen molar-refractivity contribution in [3.05, 3.63) is 82.2 Å². The second kappa shape index (κ2) is 7.10. The Hall–Kier alpha value is -3.16. The van der Waals surface area contributed by atoms with Crippen LogP contribution in [-0.2, 0) is 12.6 Å². The minimum Gasteiger partial charge on any atom is -0.366 e. The van der Waals surface area contributed by atoms with Crippen molar-refractivity contribution >= 4 is 5.91 Å². The third-order valence-electron chi connectivity index (χ3n) is 4.36. The van der Waals surface area contributed by atoms with Gasteiger partial charge in [0.2, 0.25) is 5.91 Å². The Bertz CT molecular complexity index is 1050. The van der Waals surface area contributed by atoms with Crippen LogP contribution in [0, 0.1) is 19.7 Å². The highest BCUT2D eigenvalue weighted by Gasteiger charge is 2.31. The molecule has 0 saturated carbocycles. The molecule has 0 unspecified atom stereocenters. The largest absolute Gasteiger partial charge is 0.416 e. The average Bonchev–Trinajstić information content (AvgIpc) is 2.93. The van der Waals surface area contributed by atoms with Crippen LogP contribution in [0.15, 0.2) is 42.6 Å². The van der Waals surface area contributed by atoms with Gasteiger partial charge in [0, 0.05) is 23.9 Å². The molecule has 146 valence electrons. The lowest BCUT2D eigenvalue weighted by molar-refractivity contribution is -0.137. The molecule has 1 amide bonds. The van der Waals surface area contributed by atoms with Crippen molar-refractivity contribution in [3.8, 4) is 5.69 Å². The van der Waals surface area contributed by atoms with E-state index in [0.717, 1.165) is 17.8 Å². The number of benzene rings is 2. The number of imidazole rings is 1. The number of nitrogens with zero attached hydrogens (tertiary/aromatic N) is 2. The van der Waals surface area contributed by atoms with Crippen molar-refractivity contribution < 1.29 is 22.4 Å². The van der Waals surface area contributed by atoms with Crippen molar-refractivity contribution in [2.24, 2.45) is 5.73 Å². The van der Waals surface area contributed by atoms with E-state index in [0.29, 0.717) is 28.7 Å². The summed E-state index contributed by atoms with van der Waals surface area (Å²) in [6.07, 6.45) is -2.90. The van der Waals surface area contributed by atoms with Gasteiger partial charge in [0.25, 0.3) is 0 Å². The van der Waals surface area contributed by atoms with Crippen LogP contribution < -0.4 is 5.73 Å². The summed E-state index contributed by atoms with van der Waals surface area (Å²) in [5, 5.41) is 0. The molecule has 0 aliphatic rings. The molecule has 3 rings (SSSR count). The molecule has 4 nitrogen and oxygen atoms in total. The van der Waals surface area contributed by atoms with Gasteiger partial charge in [-0.1, -0.05) is 0 Å². The predicted octanol–water partition coefficient (Wildman–Crippen LogP) is 4.34. The Labute approximate surface area is 158 Å². The zero-order valence-electron chi connectivity index (χ0n) is 15.1. The predicted molar refractivity (Wildman–Crippen MR) is 95.8 cm³/mol.